The zero-order valence-corrected chi connectivity index (χ0v) is 12.8. The summed E-state index contributed by atoms with van der Waals surface area (Å²) >= 11 is 0. The summed E-state index contributed by atoms with van der Waals surface area (Å²) in [7, 11) is 0. The number of hydrogen-bond donors (Lipinski definition) is 0. The molecule has 2 atom stereocenters. The fourth-order valence-corrected chi connectivity index (χ4v) is 2.88. The fraction of sp³-hybridized carbons (Fsp3) is 0.316. The average Bonchev–Trinajstić information content (AvgIpc) is 2.82. The van der Waals surface area contributed by atoms with Crippen LogP contribution in [0.5, 0.6) is 0 Å². The normalized spacial score (nSPS) is 21.3. The molecule has 3 rings (SSSR count). The summed E-state index contributed by atoms with van der Waals surface area (Å²) in [5.74, 6) is 0.175. The first-order valence-corrected chi connectivity index (χ1v) is 7.73. The van der Waals surface area contributed by atoms with E-state index in [1.165, 1.54) is 0 Å². The van der Waals surface area contributed by atoms with Crippen LogP contribution in [-0.2, 0) is 22.7 Å². The average molecular weight is 295 g/mol. The third-order valence-corrected chi connectivity index (χ3v) is 4.23. The number of benzene rings is 2. The Bertz CT molecular complexity index is 612. The van der Waals surface area contributed by atoms with E-state index >= 15 is 0 Å². The maximum absolute atomic E-state index is 12.3. The Morgan fingerprint density at radius 3 is 2.23 bits per heavy atom. The fourth-order valence-electron chi connectivity index (χ4n) is 2.88. The van der Waals surface area contributed by atoms with Crippen LogP contribution in [0.4, 0.5) is 0 Å². The molecule has 0 N–H and O–H groups in total. The SMILES string of the molecule is C[C@H]1[C@@H](OCc2ccccc2)CC(=O)N1Cc1ccccc1. The summed E-state index contributed by atoms with van der Waals surface area (Å²) in [6, 6.07) is 20.3. The van der Waals surface area contributed by atoms with Crippen molar-refractivity contribution >= 4 is 5.91 Å². The van der Waals surface area contributed by atoms with Crippen molar-refractivity contribution in [1.82, 2.24) is 4.90 Å². The Kier molecular flexibility index (Phi) is 4.54. The number of nitrogens with zero attached hydrogens (tertiary/aromatic N) is 1. The van der Waals surface area contributed by atoms with Crippen molar-refractivity contribution in [2.75, 3.05) is 0 Å². The van der Waals surface area contributed by atoms with Crippen LogP contribution in [-0.4, -0.2) is 23.0 Å². The van der Waals surface area contributed by atoms with Crippen LogP contribution in [0.1, 0.15) is 24.5 Å². The van der Waals surface area contributed by atoms with Gasteiger partial charge in [-0.3, -0.25) is 4.79 Å². The van der Waals surface area contributed by atoms with E-state index in [1.807, 2.05) is 53.4 Å². The zero-order valence-electron chi connectivity index (χ0n) is 12.8. The number of carbonyl (C=O) groups excluding carboxylic acids is 1. The van der Waals surface area contributed by atoms with Crippen molar-refractivity contribution < 1.29 is 9.53 Å². The molecule has 1 aliphatic rings. The maximum atomic E-state index is 12.3. The molecule has 0 radical (unpaired) electrons. The molecule has 1 fully saturated rings. The predicted molar refractivity (Wildman–Crippen MR) is 86.1 cm³/mol. The van der Waals surface area contributed by atoms with E-state index < -0.39 is 0 Å². The van der Waals surface area contributed by atoms with E-state index in [4.69, 9.17) is 4.74 Å². The third-order valence-electron chi connectivity index (χ3n) is 4.23. The van der Waals surface area contributed by atoms with Crippen LogP contribution < -0.4 is 0 Å². The van der Waals surface area contributed by atoms with Crippen molar-refractivity contribution in [3.8, 4) is 0 Å². The molecule has 3 heteroatoms. The van der Waals surface area contributed by atoms with E-state index in [2.05, 4.69) is 19.1 Å². The molecule has 0 saturated carbocycles. The molecule has 1 saturated heterocycles. The lowest BCUT2D eigenvalue weighted by Gasteiger charge is -2.25. The summed E-state index contributed by atoms with van der Waals surface area (Å²) in [4.78, 5) is 14.2. The predicted octanol–water partition coefficient (Wildman–Crippen LogP) is 3.39. The molecule has 114 valence electrons. The van der Waals surface area contributed by atoms with Crippen molar-refractivity contribution in [2.45, 2.75) is 38.6 Å². The van der Waals surface area contributed by atoms with E-state index in [0.29, 0.717) is 19.6 Å². The van der Waals surface area contributed by atoms with Gasteiger partial charge in [0.15, 0.2) is 0 Å². The highest BCUT2D eigenvalue weighted by atomic mass is 16.5. The van der Waals surface area contributed by atoms with Gasteiger partial charge in [0.2, 0.25) is 5.91 Å². The first-order chi connectivity index (χ1) is 10.7. The summed E-state index contributed by atoms with van der Waals surface area (Å²) in [5.41, 5.74) is 2.30. The van der Waals surface area contributed by atoms with Crippen molar-refractivity contribution in [3.63, 3.8) is 0 Å². The van der Waals surface area contributed by atoms with Crippen LogP contribution in [0.15, 0.2) is 60.7 Å². The zero-order chi connectivity index (χ0) is 15.4. The van der Waals surface area contributed by atoms with Crippen LogP contribution in [0.2, 0.25) is 0 Å². The molecule has 0 spiro atoms. The molecule has 0 unspecified atom stereocenters. The lowest BCUT2D eigenvalue weighted by molar-refractivity contribution is -0.129. The molecular formula is C19H21NO2. The molecule has 22 heavy (non-hydrogen) atoms. The van der Waals surface area contributed by atoms with E-state index in [0.717, 1.165) is 11.1 Å². The standard InChI is InChI=1S/C19H21NO2/c1-15-18(22-14-17-10-6-3-7-11-17)12-19(21)20(15)13-16-8-4-2-5-9-16/h2-11,15,18H,12-14H2,1H3/t15-,18-/m0/s1. The maximum Gasteiger partial charge on any atom is 0.225 e. The van der Waals surface area contributed by atoms with Gasteiger partial charge in [-0.15, -0.1) is 0 Å². The minimum atomic E-state index is -0.0311. The van der Waals surface area contributed by atoms with E-state index in [9.17, 15) is 4.79 Å². The van der Waals surface area contributed by atoms with E-state index in [1.54, 1.807) is 0 Å². The van der Waals surface area contributed by atoms with Crippen molar-refractivity contribution in [1.29, 1.82) is 0 Å². The number of rotatable bonds is 5. The van der Waals surface area contributed by atoms with Gasteiger partial charge in [-0.25, -0.2) is 0 Å². The number of likely N-dealkylation sites (tertiary alicyclic amines) is 1. The second-order valence-electron chi connectivity index (χ2n) is 5.79. The number of carbonyl (C=O) groups is 1. The summed E-state index contributed by atoms with van der Waals surface area (Å²) in [6.45, 7) is 3.29. The number of amides is 1. The molecule has 1 heterocycles. The second kappa shape index (κ2) is 6.75. The van der Waals surface area contributed by atoms with Crippen LogP contribution in [0.25, 0.3) is 0 Å². The molecule has 0 aliphatic carbocycles. The monoisotopic (exact) mass is 295 g/mol. The first-order valence-electron chi connectivity index (χ1n) is 7.73. The highest BCUT2D eigenvalue weighted by Crippen LogP contribution is 2.25. The molecule has 0 aromatic heterocycles. The Morgan fingerprint density at radius 1 is 1.00 bits per heavy atom. The summed E-state index contributed by atoms with van der Waals surface area (Å²) in [5, 5.41) is 0. The lowest BCUT2D eigenvalue weighted by Crippen LogP contribution is -2.34. The largest absolute Gasteiger partial charge is 0.371 e. The van der Waals surface area contributed by atoms with Gasteiger partial charge in [-0.2, -0.15) is 0 Å². The Morgan fingerprint density at radius 2 is 1.59 bits per heavy atom. The van der Waals surface area contributed by atoms with Crippen molar-refractivity contribution in [2.24, 2.45) is 0 Å². The molecule has 1 amide bonds. The molecular weight excluding hydrogens is 274 g/mol. The van der Waals surface area contributed by atoms with Gasteiger partial charge in [0.25, 0.3) is 0 Å². The Labute approximate surface area is 131 Å². The van der Waals surface area contributed by atoms with Gasteiger partial charge >= 0.3 is 0 Å². The minimum absolute atomic E-state index is 0.0311. The van der Waals surface area contributed by atoms with Crippen LogP contribution in [0.3, 0.4) is 0 Å². The topological polar surface area (TPSA) is 29.5 Å². The van der Waals surface area contributed by atoms with Gasteiger partial charge in [0, 0.05) is 6.54 Å². The smallest absolute Gasteiger partial charge is 0.225 e. The van der Waals surface area contributed by atoms with Gasteiger partial charge in [0.05, 0.1) is 25.2 Å². The molecule has 1 aliphatic heterocycles. The summed E-state index contributed by atoms with van der Waals surface area (Å²) < 4.78 is 5.98. The van der Waals surface area contributed by atoms with Crippen LogP contribution in [0, 0.1) is 0 Å². The quantitative estimate of drug-likeness (QED) is 0.846. The van der Waals surface area contributed by atoms with Gasteiger partial charge in [-0.05, 0) is 18.1 Å². The highest BCUT2D eigenvalue weighted by molar-refractivity contribution is 5.79. The second-order valence-corrected chi connectivity index (χ2v) is 5.79. The minimum Gasteiger partial charge on any atom is -0.371 e. The van der Waals surface area contributed by atoms with Crippen LogP contribution >= 0.6 is 0 Å². The lowest BCUT2D eigenvalue weighted by atomic mass is 10.1. The molecule has 3 nitrogen and oxygen atoms in total. The molecule has 0 bridgehead atoms. The van der Waals surface area contributed by atoms with Gasteiger partial charge < -0.3 is 9.64 Å². The summed E-state index contributed by atoms with van der Waals surface area (Å²) in [6.07, 6.45) is 0.442. The Hall–Kier alpha value is -2.13. The molecule has 2 aromatic rings. The van der Waals surface area contributed by atoms with Gasteiger partial charge in [0.1, 0.15) is 0 Å². The number of ether oxygens (including phenoxy) is 1. The highest BCUT2D eigenvalue weighted by Gasteiger charge is 2.37. The van der Waals surface area contributed by atoms with Gasteiger partial charge in [-0.1, -0.05) is 60.7 Å². The van der Waals surface area contributed by atoms with E-state index in [-0.39, 0.29) is 18.1 Å². The molecule has 2 aromatic carbocycles. The third kappa shape index (κ3) is 3.37. The number of hydrogen-bond acceptors (Lipinski definition) is 2. The first kappa shape index (κ1) is 14.8. The Balaban J connectivity index is 1.60. The van der Waals surface area contributed by atoms with Crippen molar-refractivity contribution in [3.05, 3.63) is 71.8 Å².